The van der Waals surface area contributed by atoms with Crippen LogP contribution in [0.25, 0.3) is 0 Å². The number of rotatable bonds is 5. The van der Waals surface area contributed by atoms with E-state index in [1.165, 1.54) is 6.42 Å². The second-order valence-electron chi connectivity index (χ2n) is 5.41. The lowest BCUT2D eigenvalue weighted by molar-refractivity contribution is -0.168. The Morgan fingerprint density at radius 3 is 2.63 bits per heavy atom. The first kappa shape index (κ1) is 14.7. The van der Waals surface area contributed by atoms with Gasteiger partial charge in [-0.25, -0.2) is 0 Å². The molecule has 1 heterocycles. The van der Waals surface area contributed by atoms with Crippen molar-refractivity contribution >= 4 is 21.4 Å². The van der Waals surface area contributed by atoms with E-state index in [0.717, 1.165) is 25.7 Å². The maximum Gasteiger partial charge on any atom is 0.309 e. The van der Waals surface area contributed by atoms with Crippen LogP contribution in [-0.2, 0) is 23.6 Å². The van der Waals surface area contributed by atoms with Gasteiger partial charge in [-0.05, 0) is 12.8 Å². The van der Waals surface area contributed by atoms with E-state index in [4.69, 9.17) is 14.0 Å². The van der Waals surface area contributed by atoms with E-state index >= 15 is 0 Å². The first-order valence-electron chi connectivity index (χ1n) is 6.85. The Morgan fingerprint density at radius 2 is 2.05 bits per heavy atom. The largest absolute Gasteiger partial charge is 0.461 e. The molecule has 2 aliphatic rings. The third-order valence-corrected chi connectivity index (χ3v) is 4.04. The first-order chi connectivity index (χ1) is 9.15. The minimum Gasteiger partial charge on any atom is -0.461 e. The molecule has 1 saturated heterocycles. The Morgan fingerprint density at radius 1 is 1.32 bits per heavy atom. The number of hydrogen-bond acceptors (Lipinski definition) is 5. The molecule has 1 aliphatic heterocycles. The molecule has 0 N–H and O–H groups in total. The third-order valence-electron chi connectivity index (χ3n) is 3.88. The summed E-state index contributed by atoms with van der Waals surface area (Å²) in [5.41, 5.74) is -0.789. The van der Waals surface area contributed by atoms with E-state index in [1.807, 2.05) is 0 Å². The van der Waals surface area contributed by atoms with Crippen molar-refractivity contribution < 1.29 is 23.6 Å². The van der Waals surface area contributed by atoms with Gasteiger partial charge in [-0.15, -0.1) is 0 Å². The van der Waals surface area contributed by atoms with E-state index < -0.39 is 5.60 Å². The SMILES string of the molecule is O=C1CCC(COP)(COC(=O)C2CCCCC2)O1. The van der Waals surface area contributed by atoms with E-state index in [2.05, 4.69) is 9.47 Å². The molecule has 0 aromatic rings. The molecule has 0 aromatic carbocycles. The van der Waals surface area contributed by atoms with Gasteiger partial charge in [0.1, 0.15) is 6.61 Å². The molecule has 2 rings (SSSR count). The van der Waals surface area contributed by atoms with Crippen LogP contribution in [-0.4, -0.2) is 30.8 Å². The van der Waals surface area contributed by atoms with Gasteiger partial charge in [0, 0.05) is 22.3 Å². The first-order valence-corrected chi connectivity index (χ1v) is 7.32. The fraction of sp³-hybridized carbons (Fsp3) is 0.846. The van der Waals surface area contributed by atoms with Crippen molar-refractivity contribution in [1.29, 1.82) is 0 Å². The molecule has 1 saturated carbocycles. The van der Waals surface area contributed by atoms with Crippen LogP contribution >= 0.6 is 9.47 Å². The predicted molar refractivity (Wildman–Crippen MR) is 71.3 cm³/mol. The van der Waals surface area contributed by atoms with Crippen LogP contribution in [0, 0.1) is 5.92 Å². The topological polar surface area (TPSA) is 61.8 Å². The maximum atomic E-state index is 12.0. The van der Waals surface area contributed by atoms with E-state index in [9.17, 15) is 9.59 Å². The fourth-order valence-corrected chi connectivity index (χ4v) is 3.03. The molecule has 0 spiro atoms. The van der Waals surface area contributed by atoms with Gasteiger partial charge in [0.2, 0.25) is 0 Å². The smallest absolute Gasteiger partial charge is 0.309 e. The summed E-state index contributed by atoms with van der Waals surface area (Å²) in [7, 11) is 2.14. The van der Waals surface area contributed by atoms with Crippen LogP contribution in [0.5, 0.6) is 0 Å². The minimum absolute atomic E-state index is 0.0137. The maximum absolute atomic E-state index is 12.0. The second kappa shape index (κ2) is 6.67. The highest BCUT2D eigenvalue weighted by atomic mass is 31.0. The Balaban J connectivity index is 1.84. The van der Waals surface area contributed by atoms with Gasteiger partial charge in [-0.1, -0.05) is 19.3 Å². The van der Waals surface area contributed by atoms with Crippen LogP contribution < -0.4 is 0 Å². The van der Waals surface area contributed by atoms with Gasteiger partial charge < -0.3 is 14.0 Å². The van der Waals surface area contributed by atoms with Crippen LogP contribution in [0.1, 0.15) is 44.9 Å². The average Bonchev–Trinajstić information content (AvgIpc) is 2.79. The molecule has 0 radical (unpaired) electrons. The summed E-state index contributed by atoms with van der Waals surface area (Å²) in [5, 5.41) is 0. The molecule has 1 aliphatic carbocycles. The van der Waals surface area contributed by atoms with E-state index in [0.29, 0.717) is 12.8 Å². The van der Waals surface area contributed by atoms with Crippen molar-refractivity contribution in [1.82, 2.24) is 0 Å². The summed E-state index contributed by atoms with van der Waals surface area (Å²) in [6, 6.07) is 0. The lowest BCUT2D eigenvalue weighted by Crippen LogP contribution is -2.40. The summed E-state index contributed by atoms with van der Waals surface area (Å²) in [6.45, 7) is 0.337. The summed E-state index contributed by atoms with van der Waals surface area (Å²) in [6.07, 6.45) is 6.10. The number of carbonyl (C=O) groups is 2. The van der Waals surface area contributed by atoms with Gasteiger partial charge in [-0.3, -0.25) is 9.59 Å². The molecule has 6 heteroatoms. The minimum atomic E-state index is -0.789. The lowest BCUT2D eigenvalue weighted by Gasteiger charge is -2.27. The molecular formula is C13H21O5P. The molecule has 0 bridgehead atoms. The zero-order valence-corrected chi connectivity index (χ0v) is 12.2. The van der Waals surface area contributed by atoms with Gasteiger partial charge in [0.05, 0.1) is 12.5 Å². The normalized spacial score (nSPS) is 28.2. The molecule has 108 valence electrons. The molecule has 2 fully saturated rings. The van der Waals surface area contributed by atoms with Gasteiger partial charge in [0.15, 0.2) is 5.60 Å². The van der Waals surface area contributed by atoms with Crippen molar-refractivity contribution in [3.8, 4) is 0 Å². The average molecular weight is 288 g/mol. The van der Waals surface area contributed by atoms with Crippen molar-refractivity contribution in [2.45, 2.75) is 50.5 Å². The van der Waals surface area contributed by atoms with Crippen LogP contribution in [0.3, 0.4) is 0 Å². The molecule has 2 atom stereocenters. The third kappa shape index (κ3) is 3.90. The molecule has 5 nitrogen and oxygen atoms in total. The van der Waals surface area contributed by atoms with Crippen molar-refractivity contribution in [3.63, 3.8) is 0 Å². The monoisotopic (exact) mass is 288 g/mol. The highest BCUT2D eigenvalue weighted by molar-refractivity contribution is 7.09. The molecule has 0 amide bonds. The number of ether oxygens (including phenoxy) is 2. The Kier molecular flexibility index (Phi) is 5.17. The molecular weight excluding hydrogens is 267 g/mol. The molecule has 19 heavy (non-hydrogen) atoms. The number of esters is 2. The number of carbonyl (C=O) groups excluding carboxylic acids is 2. The van der Waals surface area contributed by atoms with Crippen LogP contribution in [0.4, 0.5) is 0 Å². The van der Waals surface area contributed by atoms with Gasteiger partial charge in [-0.2, -0.15) is 0 Å². The van der Waals surface area contributed by atoms with E-state index in [1.54, 1.807) is 0 Å². The lowest BCUT2D eigenvalue weighted by atomic mass is 9.89. The zero-order chi connectivity index (χ0) is 13.7. The number of hydrogen-bond donors (Lipinski definition) is 0. The highest BCUT2D eigenvalue weighted by Crippen LogP contribution is 2.30. The van der Waals surface area contributed by atoms with Gasteiger partial charge in [0.25, 0.3) is 0 Å². The van der Waals surface area contributed by atoms with Crippen molar-refractivity contribution in [3.05, 3.63) is 0 Å². The van der Waals surface area contributed by atoms with Crippen molar-refractivity contribution in [2.75, 3.05) is 13.2 Å². The summed E-state index contributed by atoms with van der Waals surface area (Å²) >= 11 is 0. The molecule has 0 aromatic heterocycles. The summed E-state index contributed by atoms with van der Waals surface area (Å²) in [5.74, 6) is -0.402. The Hall–Kier alpha value is -0.670. The zero-order valence-electron chi connectivity index (χ0n) is 11.1. The van der Waals surface area contributed by atoms with Gasteiger partial charge >= 0.3 is 11.9 Å². The number of cyclic esters (lactones) is 1. The van der Waals surface area contributed by atoms with Crippen molar-refractivity contribution in [2.24, 2.45) is 5.92 Å². The predicted octanol–water partition coefficient (Wildman–Crippen LogP) is 1.99. The van der Waals surface area contributed by atoms with Crippen LogP contribution in [0.15, 0.2) is 0 Å². The Bertz CT molecular complexity index is 340. The highest BCUT2D eigenvalue weighted by Gasteiger charge is 2.42. The summed E-state index contributed by atoms with van der Waals surface area (Å²) < 4.78 is 15.6. The standard InChI is InChI=1S/C13H21O5P/c14-11-6-7-13(18-11,9-17-19)8-16-12(15)10-4-2-1-3-5-10/h10H,1-9,19H2. The summed E-state index contributed by atoms with van der Waals surface area (Å²) in [4.78, 5) is 23.2. The van der Waals surface area contributed by atoms with E-state index in [-0.39, 0.29) is 31.1 Å². The second-order valence-corrected chi connectivity index (χ2v) is 5.74. The quantitative estimate of drug-likeness (QED) is 0.572. The fourth-order valence-electron chi connectivity index (χ4n) is 2.73. The van der Waals surface area contributed by atoms with Crippen LogP contribution in [0.2, 0.25) is 0 Å². The Labute approximate surface area is 115 Å². The molecule has 2 unspecified atom stereocenters.